The Labute approximate surface area is 121 Å². The van der Waals surface area contributed by atoms with E-state index in [1.165, 1.54) is 11.3 Å². The first-order valence-electron chi connectivity index (χ1n) is 6.65. The minimum atomic E-state index is 0.0348. The average molecular weight is 288 g/mol. The maximum Gasteiger partial charge on any atom is 0.226 e. The topological polar surface area (TPSA) is 51.2 Å². The van der Waals surface area contributed by atoms with Crippen molar-refractivity contribution in [1.82, 2.24) is 4.98 Å². The summed E-state index contributed by atoms with van der Waals surface area (Å²) in [6.07, 6.45) is 6.96. The third kappa shape index (κ3) is 2.82. The lowest BCUT2D eigenvalue weighted by Crippen LogP contribution is -2.14. The van der Waals surface area contributed by atoms with E-state index in [4.69, 9.17) is 4.74 Å². The lowest BCUT2D eigenvalue weighted by molar-refractivity contribution is -0.116. The van der Waals surface area contributed by atoms with Crippen molar-refractivity contribution >= 4 is 32.6 Å². The molecule has 0 aliphatic heterocycles. The number of rotatable bonds is 4. The van der Waals surface area contributed by atoms with E-state index >= 15 is 0 Å². The largest absolute Gasteiger partial charge is 0.497 e. The van der Waals surface area contributed by atoms with Gasteiger partial charge in [-0.2, -0.15) is 0 Å². The Morgan fingerprint density at radius 2 is 2.45 bits per heavy atom. The molecule has 0 fully saturated rings. The molecular weight excluding hydrogens is 272 g/mol. The van der Waals surface area contributed by atoms with E-state index < -0.39 is 0 Å². The van der Waals surface area contributed by atoms with Crippen LogP contribution in [0.1, 0.15) is 19.3 Å². The summed E-state index contributed by atoms with van der Waals surface area (Å²) in [4.78, 5) is 16.4. The van der Waals surface area contributed by atoms with Crippen molar-refractivity contribution in [1.29, 1.82) is 0 Å². The highest BCUT2D eigenvalue weighted by Crippen LogP contribution is 2.29. The maximum atomic E-state index is 12.0. The molecule has 104 valence electrons. The van der Waals surface area contributed by atoms with Gasteiger partial charge in [-0.25, -0.2) is 4.98 Å². The predicted octanol–water partition coefficient (Wildman–Crippen LogP) is 3.60. The highest BCUT2D eigenvalue weighted by Gasteiger charge is 2.15. The van der Waals surface area contributed by atoms with Gasteiger partial charge in [0.05, 0.1) is 17.3 Å². The highest BCUT2D eigenvalue weighted by molar-refractivity contribution is 7.22. The minimum absolute atomic E-state index is 0.0348. The van der Waals surface area contributed by atoms with Crippen molar-refractivity contribution in [2.75, 3.05) is 12.4 Å². The molecule has 1 amide bonds. The number of ether oxygens (including phenoxy) is 1. The number of methoxy groups -OCH3 is 1. The number of carbonyl (C=O) groups excluding carboxylic acids is 1. The molecule has 0 saturated heterocycles. The van der Waals surface area contributed by atoms with Crippen LogP contribution in [0, 0.1) is 5.92 Å². The van der Waals surface area contributed by atoms with Crippen LogP contribution in [0.25, 0.3) is 10.2 Å². The van der Waals surface area contributed by atoms with E-state index in [1.807, 2.05) is 18.2 Å². The third-order valence-electron chi connectivity index (χ3n) is 3.40. The number of carbonyl (C=O) groups is 1. The Balaban J connectivity index is 1.70. The summed E-state index contributed by atoms with van der Waals surface area (Å²) in [5.41, 5.74) is 0.881. The fraction of sp³-hybridized carbons (Fsp3) is 0.333. The Kier molecular flexibility index (Phi) is 3.69. The summed E-state index contributed by atoms with van der Waals surface area (Å²) in [5.74, 6) is 1.21. The van der Waals surface area contributed by atoms with Gasteiger partial charge in [-0.1, -0.05) is 23.5 Å². The molecule has 0 bridgehead atoms. The molecule has 1 aromatic heterocycles. The summed E-state index contributed by atoms with van der Waals surface area (Å²) in [6.45, 7) is 0. The molecule has 0 radical (unpaired) electrons. The van der Waals surface area contributed by atoms with Crippen molar-refractivity contribution in [2.24, 2.45) is 5.92 Å². The van der Waals surface area contributed by atoms with Crippen molar-refractivity contribution in [3.05, 3.63) is 30.4 Å². The quantitative estimate of drug-likeness (QED) is 0.875. The molecule has 20 heavy (non-hydrogen) atoms. The number of allylic oxidation sites excluding steroid dienone is 2. The van der Waals surface area contributed by atoms with Crippen LogP contribution in [0.3, 0.4) is 0 Å². The van der Waals surface area contributed by atoms with Gasteiger partial charge in [0.2, 0.25) is 5.91 Å². The molecule has 1 atom stereocenters. The Morgan fingerprint density at radius 3 is 3.20 bits per heavy atom. The number of nitrogens with zero attached hydrogens (tertiary/aromatic N) is 1. The van der Waals surface area contributed by atoms with Gasteiger partial charge in [-0.05, 0) is 37.0 Å². The number of aromatic nitrogens is 1. The normalized spacial score (nSPS) is 17.6. The number of nitrogens with one attached hydrogen (secondary N) is 1. The van der Waals surface area contributed by atoms with E-state index in [-0.39, 0.29) is 5.91 Å². The standard InChI is InChI=1S/C15H16N2O2S/c1-19-11-6-7-12-13(9-11)20-15(16-12)17-14(18)8-10-4-2-3-5-10/h2,4,6-7,9-10H,3,5,8H2,1H3,(H,16,17,18)/t10-/m0/s1. The first-order valence-corrected chi connectivity index (χ1v) is 7.47. The van der Waals surface area contributed by atoms with Crippen LogP contribution in [0.15, 0.2) is 30.4 Å². The fourth-order valence-corrected chi connectivity index (χ4v) is 3.27. The highest BCUT2D eigenvalue weighted by atomic mass is 32.1. The summed E-state index contributed by atoms with van der Waals surface area (Å²) in [5, 5.41) is 3.54. The second-order valence-electron chi connectivity index (χ2n) is 4.87. The van der Waals surface area contributed by atoms with Crippen LogP contribution < -0.4 is 10.1 Å². The van der Waals surface area contributed by atoms with Crippen LogP contribution in [0.5, 0.6) is 5.75 Å². The molecule has 0 saturated carbocycles. The minimum Gasteiger partial charge on any atom is -0.497 e. The molecule has 1 aromatic carbocycles. The van der Waals surface area contributed by atoms with E-state index in [9.17, 15) is 4.79 Å². The molecule has 1 aliphatic rings. The lowest BCUT2D eigenvalue weighted by atomic mass is 10.1. The zero-order valence-electron chi connectivity index (χ0n) is 11.3. The Morgan fingerprint density at radius 1 is 1.55 bits per heavy atom. The van der Waals surface area contributed by atoms with Crippen LogP contribution in [-0.4, -0.2) is 18.0 Å². The van der Waals surface area contributed by atoms with Crippen LogP contribution >= 0.6 is 11.3 Å². The van der Waals surface area contributed by atoms with Gasteiger partial charge >= 0.3 is 0 Å². The second kappa shape index (κ2) is 5.63. The summed E-state index contributed by atoms with van der Waals surface area (Å²) >= 11 is 1.47. The van der Waals surface area contributed by atoms with Crippen LogP contribution in [0.4, 0.5) is 5.13 Å². The number of hydrogen-bond acceptors (Lipinski definition) is 4. The van der Waals surface area contributed by atoms with E-state index in [1.54, 1.807) is 7.11 Å². The first kappa shape index (κ1) is 13.1. The number of thiazole rings is 1. The zero-order valence-corrected chi connectivity index (χ0v) is 12.1. The first-order chi connectivity index (χ1) is 9.74. The molecule has 1 aliphatic carbocycles. The van der Waals surface area contributed by atoms with Crippen LogP contribution in [-0.2, 0) is 4.79 Å². The average Bonchev–Trinajstić information content (AvgIpc) is 3.06. The van der Waals surface area contributed by atoms with Gasteiger partial charge in [0.25, 0.3) is 0 Å². The molecule has 4 nitrogen and oxygen atoms in total. The van der Waals surface area contributed by atoms with E-state index in [0.717, 1.165) is 28.8 Å². The molecule has 5 heteroatoms. The molecule has 2 aromatic rings. The smallest absolute Gasteiger partial charge is 0.226 e. The fourth-order valence-electron chi connectivity index (χ4n) is 2.36. The van der Waals surface area contributed by atoms with Gasteiger partial charge in [-0.3, -0.25) is 4.79 Å². The molecule has 0 spiro atoms. The zero-order chi connectivity index (χ0) is 13.9. The van der Waals surface area contributed by atoms with Crippen molar-refractivity contribution in [3.63, 3.8) is 0 Å². The van der Waals surface area contributed by atoms with Gasteiger partial charge in [0.1, 0.15) is 5.75 Å². The molecule has 0 unspecified atom stereocenters. The van der Waals surface area contributed by atoms with Gasteiger partial charge in [0, 0.05) is 6.42 Å². The number of amides is 1. The summed E-state index contributed by atoms with van der Waals surface area (Å²) < 4.78 is 6.20. The second-order valence-corrected chi connectivity index (χ2v) is 5.90. The monoisotopic (exact) mass is 288 g/mol. The summed E-state index contributed by atoms with van der Waals surface area (Å²) in [6, 6.07) is 5.71. The van der Waals surface area contributed by atoms with Gasteiger partial charge in [-0.15, -0.1) is 0 Å². The SMILES string of the molecule is COc1ccc2nc(NC(=O)C[C@H]3C=CCC3)sc2c1. The molecule has 3 rings (SSSR count). The third-order valence-corrected chi connectivity index (χ3v) is 4.34. The van der Waals surface area contributed by atoms with Crippen LogP contribution in [0.2, 0.25) is 0 Å². The summed E-state index contributed by atoms with van der Waals surface area (Å²) in [7, 11) is 1.64. The van der Waals surface area contributed by atoms with Crippen molar-refractivity contribution in [2.45, 2.75) is 19.3 Å². The number of hydrogen-bond donors (Lipinski definition) is 1. The van der Waals surface area contributed by atoms with Gasteiger partial charge < -0.3 is 10.1 Å². The van der Waals surface area contributed by atoms with Gasteiger partial charge in [0.15, 0.2) is 5.13 Å². The Hall–Kier alpha value is -1.88. The van der Waals surface area contributed by atoms with Crippen molar-refractivity contribution in [3.8, 4) is 5.75 Å². The number of benzene rings is 1. The Bertz CT molecular complexity index is 663. The maximum absolute atomic E-state index is 12.0. The number of anilines is 1. The lowest BCUT2D eigenvalue weighted by Gasteiger charge is -2.06. The molecular formula is C15H16N2O2S. The molecule has 1 N–H and O–H groups in total. The van der Waals surface area contributed by atoms with Crippen molar-refractivity contribution < 1.29 is 9.53 Å². The van der Waals surface area contributed by atoms with E-state index in [0.29, 0.717) is 17.5 Å². The molecule has 1 heterocycles. The van der Waals surface area contributed by atoms with E-state index in [2.05, 4.69) is 22.5 Å². The number of fused-ring (bicyclic) bond motifs is 1. The predicted molar refractivity (Wildman–Crippen MR) is 81.3 cm³/mol.